The van der Waals surface area contributed by atoms with Gasteiger partial charge in [-0.2, -0.15) is 26.3 Å². The molecule has 2 fully saturated rings. The normalized spacial score (nSPS) is 26.2. The number of esters is 1. The average molecular weight is 524 g/mol. The summed E-state index contributed by atoms with van der Waals surface area (Å²) in [5, 5.41) is 3.46. The highest BCUT2D eigenvalue weighted by atomic mass is 35.5. The average Bonchev–Trinajstić information content (AvgIpc) is 3.11. The summed E-state index contributed by atoms with van der Waals surface area (Å²) in [6.45, 7) is -0.443. The lowest BCUT2D eigenvalue weighted by molar-refractivity contribution is -0.146. The van der Waals surface area contributed by atoms with Gasteiger partial charge < -0.3 is 14.8 Å². The van der Waals surface area contributed by atoms with Gasteiger partial charge in [0.25, 0.3) is 0 Å². The Morgan fingerprint density at radius 3 is 2.14 bits per heavy atom. The zero-order chi connectivity index (χ0) is 24.7. The third-order valence-electron chi connectivity index (χ3n) is 6.65. The number of nitrogens with one attached hydrogen (secondary N) is 1. The molecule has 2 aromatic carbocycles. The number of rotatable bonds is 5. The molecule has 2 aliphatic rings. The molecule has 11 heteroatoms. The van der Waals surface area contributed by atoms with Gasteiger partial charge >= 0.3 is 18.3 Å². The van der Waals surface area contributed by atoms with Crippen LogP contribution in [0.25, 0.3) is 0 Å². The van der Waals surface area contributed by atoms with Crippen LogP contribution in [0.1, 0.15) is 41.5 Å². The molecule has 2 saturated heterocycles. The third kappa shape index (κ3) is 5.44. The van der Waals surface area contributed by atoms with Gasteiger partial charge in [-0.25, -0.2) is 0 Å². The fraction of sp³-hybridized carbons (Fsp3) is 0.458. The maximum atomic E-state index is 13.2. The maximum absolute atomic E-state index is 13.2. The lowest BCUT2D eigenvalue weighted by Crippen LogP contribution is -2.54. The van der Waals surface area contributed by atoms with Gasteiger partial charge in [0.15, 0.2) is 0 Å². The number of carbonyl (C=O) groups excluding carboxylic acids is 1. The van der Waals surface area contributed by atoms with Gasteiger partial charge in [-0.15, -0.1) is 12.4 Å². The Balaban J connectivity index is 0.00000342. The molecule has 0 aliphatic carbocycles. The van der Waals surface area contributed by atoms with Crippen molar-refractivity contribution in [3.63, 3.8) is 0 Å². The molecule has 0 amide bonds. The summed E-state index contributed by atoms with van der Waals surface area (Å²) in [5.74, 6) is -0.812. The van der Waals surface area contributed by atoms with Gasteiger partial charge in [0.05, 0.1) is 42.4 Å². The van der Waals surface area contributed by atoms with Crippen LogP contribution < -0.4 is 5.32 Å². The van der Waals surface area contributed by atoms with Gasteiger partial charge in [-0.1, -0.05) is 30.3 Å². The van der Waals surface area contributed by atoms with Crippen molar-refractivity contribution in [3.8, 4) is 0 Å². The minimum atomic E-state index is -4.93. The van der Waals surface area contributed by atoms with Crippen molar-refractivity contribution in [1.82, 2.24) is 5.32 Å². The van der Waals surface area contributed by atoms with E-state index in [9.17, 15) is 31.1 Å². The van der Waals surface area contributed by atoms with Gasteiger partial charge in [0.2, 0.25) is 0 Å². The van der Waals surface area contributed by atoms with Crippen molar-refractivity contribution in [1.29, 1.82) is 0 Å². The van der Waals surface area contributed by atoms with E-state index in [1.54, 1.807) is 0 Å². The first-order chi connectivity index (χ1) is 15.9. The molecule has 4 atom stereocenters. The Bertz CT molecular complexity index is 1010. The van der Waals surface area contributed by atoms with Crippen molar-refractivity contribution in [3.05, 3.63) is 70.8 Å². The molecule has 0 saturated carbocycles. The predicted molar refractivity (Wildman–Crippen MR) is 117 cm³/mol. The van der Waals surface area contributed by atoms with E-state index in [2.05, 4.69) is 5.32 Å². The second-order valence-corrected chi connectivity index (χ2v) is 8.71. The van der Waals surface area contributed by atoms with E-state index >= 15 is 0 Å². The molecule has 192 valence electrons. The summed E-state index contributed by atoms with van der Waals surface area (Å²) >= 11 is 0. The number of piperidine rings is 1. The lowest BCUT2D eigenvalue weighted by Gasteiger charge is -2.42. The molecule has 1 N–H and O–H groups in total. The number of ether oxygens (including phenoxy) is 2. The summed E-state index contributed by atoms with van der Waals surface area (Å²) in [7, 11) is 1.31. The molecular weight excluding hydrogens is 500 g/mol. The van der Waals surface area contributed by atoms with Crippen molar-refractivity contribution in [2.24, 2.45) is 5.92 Å². The van der Waals surface area contributed by atoms with Crippen LogP contribution in [0, 0.1) is 5.92 Å². The fourth-order valence-corrected chi connectivity index (χ4v) is 5.10. The van der Waals surface area contributed by atoms with Gasteiger partial charge in [-0.3, -0.25) is 4.79 Å². The van der Waals surface area contributed by atoms with E-state index in [0.29, 0.717) is 31.4 Å². The molecule has 0 aromatic heterocycles. The van der Waals surface area contributed by atoms with E-state index in [1.807, 2.05) is 30.3 Å². The van der Waals surface area contributed by atoms with Crippen LogP contribution in [-0.4, -0.2) is 25.2 Å². The lowest BCUT2D eigenvalue weighted by atomic mass is 9.80. The Morgan fingerprint density at radius 2 is 1.60 bits per heavy atom. The minimum absolute atomic E-state index is 0. The van der Waals surface area contributed by atoms with Crippen molar-refractivity contribution in [2.75, 3.05) is 7.11 Å². The van der Waals surface area contributed by atoms with Crippen molar-refractivity contribution >= 4 is 18.4 Å². The third-order valence-corrected chi connectivity index (χ3v) is 6.65. The largest absolute Gasteiger partial charge is 0.469 e. The Kier molecular flexibility index (Phi) is 7.79. The molecule has 0 radical (unpaired) electrons. The molecule has 2 aromatic rings. The van der Waals surface area contributed by atoms with Gasteiger partial charge in [0.1, 0.15) is 0 Å². The molecule has 0 spiro atoms. The van der Waals surface area contributed by atoms with E-state index in [4.69, 9.17) is 9.47 Å². The zero-order valence-electron chi connectivity index (χ0n) is 18.6. The van der Waals surface area contributed by atoms with Crippen LogP contribution in [0.15, 0.2) is 48.5 Å². The summed E-state index contributed by atoms with van der Waals surface area (Å²) in [6.07, 6.45) is -9.07. The molecule has 2 heterocycles. The highest BCUT2D eigenvalue weighted by Gasteiger charge is 2.56. The summed E-state index contributed by atoms with van der Waals surface area (Å²) in [4.78, 5) is 12.4. The summed E-state index contributed by atoms with van der Waals surface area (Å²) in [6, 6.07) is 10.5. The van der Waals surface area contributed by atoms with E-state index in [0.717, 1.165) is 5.56 Å². The van der Waals surface area contributed by atoms with Gasteiger partial charge in [0, 0.05) is 6.04 Å². The molecule has 2 aliphatic heterocycles. The first-order valence-electron chi connectivity index (χ1n) is 10.7. The standard InChI is InChI=1S/C24H23F6NO3.ClH/c1-33-21(32)18-12-22(15-5-3-2-4-6-15)20(8-7-19(18)31-22)34-13-14-9-16(23(25,26)27)11-17(10-14)24(28,29)30;/h2-6,9-11,18-20,31H,7-8,12-13H2,1H3;1H/t18-,19+,20-,22-;/m1./s1. The molecule has 35 heavy (non-hydrogen) atoms. The second kappa shape index (κ2) is 9.99. The fourth-order valence-electron chi connectivity index (χ4n) is 5.10. The van der Waals surface area contributed by atoms with Gasteiger partial charge in [-0.05, 0) is 48.6 Å². The zero-order valence-corrected chi connectivity index (χ0v) is 19.4. The number of fused-ring (bicyclic) bond motifs is 2. The maximum Gasteiger partial charge on any atom is 0.416 e. The Hall–Kier alpha value is -2.30. The van der Waals surface area contributed by atoms with Crippen LogP contribution in [0.4, 0.5) is 26.3 Å². The monoisotopic (exact) mass is 523 g/mol. The number of hydrogen-bond acceptors (Lipinski definition) is 4. The number of hydrogen-bond donors (Lipinski definition) is 1. The van der Waals surface area contributed by atoms with E-state index in [-0.39, 0.29) is 36.0 Å². The highest BCUT2D eigenvalue weighted by molar-refractivity contribution is 5.85. The topological polar surface area (TPSA) is 47.6 Å². The number of methoxy groups -OCH3 is 1. The first kappa shape index (κ1) is 27.3. The Labute approximate surface area is 204 Å². The van der Waals surface area contributed by atoms with Crippen LogP contribution in [0.2, 0.25) is 0 Å². The quantitative estimate of drug-likeness (QED) is 0.393. The van der Waals surface area contributed by atoms with E-state index in [1.165, 1.54) is 7.11 Å². The number of alkyl halides is 6. The van der Waals surface area contributed by atoms with Crippen LogP contribution in [0.5, 0.6) is 0 Å². The molecule has 0 unspecified atom stereocenters. The SMILES string of the molecule is COC(=O)[C@@H]1C[C@]2(c3ccccc3)N[C@H]1CC[C@H]2OCc1cc(C(F)(F)F)cc(C(F)(F)F)c1.Cl. The first-order valence-corrected chi connectivity index (χ1v) is 10.7. The smallest absolute Gasteiger partial charge is 0.416 e. The second-order valence-electron chi connectivity index (χ2n) is 8.71. The minimum Gasteiger partial charge on any atom is -0.469 e. The van der Waals surface area contributed by atoms with Crippen molar-refractivity contribution < 1.29 is 40.6 Å². The molecule has 2 bridgehead atoms. The number of carbonyl (C=O) groups is 1. The van der Waals surface area contributed by atoms with Crippen LogP contribution in [0.3, 0.4) is 0 Å². The van der Waals surface area contributed by atoms with Crippen molar-refractivity contribution in [2.45, 2.75) is 55.9 Å². The van der Waals surface area contributed by atoms with Crippen LogP contribution in [-0.2, 0) is 38.8 Å². The van der Waals surface area contributed by atoms with Crippen LogP contribution >= 0.6 is 12.4 Å². The molecule has 4 nitrogen and oxygen atoms in total. The summed E-state index contributed by atoms with van der Waals surface area (Å²) < 4.78 is 90.3. The van der Waals surface area contributed by atoms with E-state index < -0.39 is 47.6 Å². The molecular formula is C24H24ClF6NO3. The predicted octanol–water partition coefficient (Wildman–Crippen LogP) is 5.87. The highest BCUT2D eigenvalue weighted by Crippen LogP contribution is 2.48. The number of benzene rings is 2. The molecule has 4 rings (SSSR count). The summed E-state index contributed by atoms with van der Waals surface area (Å²) in [5.41, 5.74) is -2.98. The Morgan fingerprint density at radius 1 is 1.00 bits per heavy atom. The number of halogens is 7.